The zero-order valence-corrected chi connectivity index (χ0v) is 13.7. The van der Waals surface area contributed by atoms with Crippen LogP contribution in [0.5, 0.6) is 0 Å². The first kappa shape index (κ1) is 16.8. The second kappa shape index (κ2) is 8.19. The molecule has 1 aromatic rings. The van der Waals surface area contributed by atoms with Crippen LogP contribution in [-0.2, 0) is 9.53 Å². The minimum absolute atomic E-state index is 0.210. The largest absolute Gasteiger partial charge is 0.377 e. The van der Waals surface area contributed by atoms with Crippen LogP contribution in [-0.4, -0.2) is 43.4 Å². The summed E-state index contributed by atoms with van der Waals surface area (Å²) in [5, 5.41) is 5.24. The van der Waals surface area contributed by atoms with Crippen molar-refractivity contribution in [2.45, 2.75) is 36.8 Å². The van der Waals surface area contributed by atoms with E-state index in [0.29, 0.717) is 5.56 Å². The number of benzene rings is 1. The van der Waals surface area contributed by atoms with Crippen LogP contribution in [0.3, 0.4) is 0 Å². The number of rotatable bonds is 6. The lowest BCUT2D eigenvalue weighted by atomic mass is 10.2. The summed E-state index contributed by atoms with van der Waals surface area (Å²) in [5.41, 5.74) is 0.598. The number of thioether (sulfide) groups is 1. The Hall–Kier alpha value is -1.53. The van der Waals surface area contributed by atoms with Gasteiger partial charge in [-0.1, -0.05) is 12.1 Å². The molecule has 1 aliphatic rings. The fourth-order valence-electron chi connectivity index (χ4n) is 2.30. The summed E-state index contributed by atoms with van der Waals surface area (Å²) < 4.78 is 5.61. The maximum absolute atomic E-state index is 12.4. The third-order valence-electron chi connectivity index (χ3n) is 3.57. The molecule has 0 bridgehead atoms. The highest BCUT2D eigenvalue weighted by Gasteiger charge is 2.20. The number of hydrogen-bond acceptors (Lipinski definition) is 4. The molecule has 6 heteroatoms. The summed E-state index contributed by atoms with van der Waals surface area (Å²) in [6.07, 6.45) is 2.46. The Labute approximate surface area is 135 Å². The molecule has 2 amide bonds. The number of likely N-dealkylation sites (N-methyl/N-ethyl adjacent to an activating group) is 1. The van der Waals surface area contributed by atoms with Gasteiger partial charge in [-0.3, -0.25) is 9.59 Å². The molecule has 1 saturated heterocycles. The molecular weight excluding hydrogens is 300 g/mol. The van der Waals surface area contributed by atoms with Gasteiger partial charge in [0.1, 0.15) is 6.04 Å². The average Bonchev–Trinajstić information content (AvgIpc) is 3.05. The van der Waals surface area contributed by atoms with Crippen molar-refractivity contribution in [3.8, 4) is 0 Å². The van der Waals surface area contributed by atoms with E-state index >= 15 is 0 Å². The molecule has 0 unspecified atom stereocenters. The quantitative estimate of drug-likeness (QED) is 0.784. The van der Waals surface area contributed by atoms with Crippen molar-refractivity contribution in [2.75, 3.05) is 19.4 Å². The van der Waals surface area contributed by atoms with E-state index in [1.54, 1.807) is 31.8 Å². The summed E-state index contributed by atoms with van der Waals surface area (Å²) in [5.74, 6) is 0.402. The van der Waals surface area contributed by atoms with Crippen molar-refractivity contribution < 1.29 is 14.3 Å². The lowest BCUT2D eigenvalue weighted by Crippen LogP contribution is -2.43. The zero-order chi connectivity index (χ0) is 15.9. The van der Waals surface area contributed by atoms with Crippen molar-refractivity contribution >= 4 is 23.6 Å². The first-order valence-electron chi connectivity index (χ1n) is 7.47. The van der Waals surface area contributed by atoms with Gasteiger partial charge < -0.3 is 15.4 Å². The van der Waals surface area contributed by atoms with E-state index in [-0.39, 0.29) is 17.9 Å². The van der Waals surface area contributed by atoms with Crippen LogP contribution < -0.4 is 10.6 Å². The Balaban J connectivity index is 2.00. The third kappa shape index (κ3) is 4.48. The van der Waals surface area contributed by atoms with E-state index < -0.39 is 6.04 Å². The molecule has 1 heterocycles. The second-order valence-corrected chi connectivity index (χ2v) is 6.31. The van der Waals surface area contributed by atoms with Crippen LogP contribution in [0.4, 0.5) is 0 Å². The molecule has 120 valence electrons. The molecule has 0 aliphatic carbocycles. The summed E-state index contributed by atoms with van der Waals surface area (Å²) in [4.78, 5) is 24.8. The molecule has 1 aliphatic heterocycles. The molecular formula is C16H22N2O3S. The fourth-order valence-corrected chi connectivity index (χ4v) is 3.41. The fraction of sp³-hybridized carbons (Fsp3) is 0.500. The third-order valence-corrected chi connectivity index (χ3v) is 4.77. The Morgan fingerprint density at radius 1 is 1.41 bits per heavy atom. The van der Waals surface area contributed by atoms with Crippen molar-refractivity contribution in [1.29, 1.82) is 0 Å². The van der Waals surface area contributed by atoms with Crippen LogP contribution in [0.1, 0.15) is 30.1 Å². The van der Waals surface area contributed by atoms with E-state index in [1.165, 1.54) is 0 Å². The number of carbonyl (C=O) groups is 2. The van der Waals surface area contributed by atoms with Crippen molar-refractivity contribution in [2.24, 2.45) is 0 Å². The Kier molecular flexibility index (Phi) is 6.27. The van der Waals surface area contributed by atoms with Gasteiger partial charge in [-0.25, -0.2) is 0 Å². The molecule has 0 saturated carbocycles. The van der Waals surface area contributed by atoms with Crippen molar-refractivity contribution in [3.63, 3.8) is 0 Å². The molecule has 22 heavy (non-hydrogen) atoms. The SMILES string of the molecule is CNC(=O)[C@@H](C)NC(=O)c1ccccc1SC[C@@H]1CCCO1. The van der Waals surface area contributed by atoms with Crippen molar-refractivity contribution in [1.82, 2.24) is 10.6 Å². The standard InChI is InChI=1S/C16H22N2O3S/c1-11(15(19)17-2)18-16(20)13-7-3-4-8-14(13)22-10-12-6-5-9-21-12/h3-4,7-8,11-12H,5-6,9-10H2,1-2H3,(H,17,19)(H,18,20)/t11-,12+/m1/s1. The predicted molar refractivity (Wildman–Crippen MR) is 87.1 cm³/mol. The van der Waals surface area contributed by atoms with E-state index in [1.807, 2.05) is 18.2 Å². The molecule has 0 aromatic heterocycles. The summed E-state index contributed by atoms with van der Waals surface area (Å²) in [6, 6.07) is 6.89. The predicted octanol–water partition coefficient (Wildman–Crippen LogP) is 1.82. The van der Waals surface area contributed by atoms with Gasteiger partial charge >= 0.3 is 0 Å². The van der Waals surface area contributed by atoms with Crippen molar-refractivity contribution in [3.05, 3.63) is 29.8 Å². The second-order valence-electron chi connectivity index (χ2n) is 5.25. The topological polar surface area (TPSA) is 67.4 Å². The van der Waals surface area contributed by atoms with Gasteiger partial charge in [0.15, 0.2) is 0 Å². The highest BCUT2D eigenvalue weighted by molar-refractivity contribution is 7.99. The van der Waals surface area contributed by atoms with Gasteiger partial charge in [0.2, 0.25) is 5.91 Å². The minimum Gasteiger partial charge on any atom is -0.377 e. The zero-order valence-electron chi connectivity index (χ0n) is 12.9. The molecule has 2 rings (SSSR count). The van der Waals surface area contributed by atoms with E-state index in [9.17, 15) is 9.59 Å². The molecule has 1 fully saturated rings. The van der Waals surface area contributed by atoms with Gasteiger partial charge in [-0.2, -0.15) is 0 Å². The highest BCUT2D eigenvalue weighted by atomic mass is 32.2. The smallest absolute Gasteiger partial charge is 0.253 e. The molecule has 1 aromatic carbocycles. The van der Waals surface area contributed by atoms with Gasteiger partial charge in [-0.15, -0.1) is 11.8 Å². The van der Waals surface area contributed by atoms with Crippen LogP contribution in [0, 0.1) is 0 Å². The summed E-state index contributed by atoms with van der Waals surface area (Å²) in [6.45, 7) is 2.50. The van der Waals surface area contributed by atoms with Gasteiger partial charge in [0.25, 0.3) is 5.91 Å². The molecule has 0 spiro atoms. The lowest BCUT2D eigenvalue weighted by molar-refractivity contribution is -0.122. The monoisotopic (exact) mass is 322 g/mol. The maximum Gasteiger partial charge on any atom is 0.253 e. The number of ether oxygens (including phenoxy) is 1. The summed E-state index contributed by atoms with van der Waals surface area (Å²) in [7, 11) is 1.55. The van der Waals surface area contributed by atoms with Crippen LogP contribution in [0.2, 0.25) is 0 Å². The first-order valence-corrected chi connectivity index (χ1v) is 8.46. The van der Waals surface area contributed by atoms with Gasteiger partial charge in [0, 0.05) is 24.3 Å². The van der Waals surface area contributed by atoms with Crippen LogP contribution >= 0.6 is 11.8 Å². The van der Waals surface area contributed by atoms with Gasteiger partial charge in [0.05, 0.1) is 11.7 Å². The number of amides is 2. The molecule has 0 radical (unpaired) electrons. The summed E-state index contributed by atoms with van der Waals surface area (Å²) >= 11 is 1.63. The van der Waals surface area contributed by atoms with E-state index in [4.69, 9.17) is 4.74 Å². The Morgan fingerprint density at radius 2 is 2.18 bits per heavy atom. The normalized spacial score (nSPS) is 18.7. The number of hydrogen-bond donors (Lipinski definition) is 2. The van der Waals surface area contributed by atoms with E-state index in [0.717, 1.165) is 30.1 Å². The molecule has 2 N–H and O–H groups in total. The van der Waals surface area contributed by atoms with E-state index in [2.05, 4.69) is 10.6 Å². The average molecular weight is 322 g/mol. The highest BCUT2D eigenvalue weighted by Crippen LogP contribution is 2.26. The molecule has 2 atom stereocenters. The first-order chi connectivity index (χ1) is 10.6. The minimum atomic E-state index is -0.561. The number of carbonyl (C=O) groups excluding carboxylic acids is 2. The maximum atomic E-state index is 12.4. The van der Waals surface area contributed by atoms with Crippen LogP contribution in [0.25, 0.3) is 0 Å². The van der Waals surface area contributed by atoms with Crippen LogP contribution in [0.15, 0.2) is 29.2 Å². The number of nitrogens with one attached hydrogen (secondary N) is 2. The molecule has 5 nitrogen and oxygen atoms in total. The Bertz CT molecular complexity index is 530. The van der Waals surface area contributed by atoms with Gasteiger partial charge in [-0.05, 0) is 31.9 Å². The lowest BCUT2D eigenvalue weighted by Gasteiger charge is -2.15. The Morgan fingerprint density at radius 3 is 2.86 bits per heavy atom.